The van der Waals surface area contributed by atoms with Crippen molar-refractivity contribution in [2.45, 2.75) is 12.3 Å². The standard InChI is InChI=1S/C12H15BrN2O/c13-10-3-1-8(2-4-10)11-7-15-12(16)5-9(11)6-14/h1-4,9,11H,5-7,14H2,(H,15,16). The molecule has 1 saturated heterocycles. The zero-order chi connectivity index (χ0) is 11.5. The second-order valence-corrected chi connectivity index (χ2v) is 5.08. The molecule has 2 unspecified atom stereocenters. The number of benzene rings is 1. The molecule has 1 aliphatic rings. The van der Waals surface area contributed by atoms with Crippen molar-refractivity contribution >= 4 is 21.8 Å². The third-order valence-corrected chi connectivity index (χ3v) is 3.67. The van der Waals surface area contributed by atoms with Gasteiger partial charge in [-0.2, -0.15) is 0 Å². The van der Waals surface area contributed by atoms with Crippen molar-refractivity contribution in [3.63, 3.8) is 0 Å². The van der Waals surface area contributed by atoms with Crippen LogP contribution in [0.1, 0.15) is 17.9 Å². The van der Waals surface area contributed by atoms with Crippen LogP contribution in [0.5, 0.6) is 0 Å². The highest BCUT2D eigenvalue weighted by Gasteiger charge is 2.28. The molecule has 2 rings (SSSR count). The Morgan fingerprint density at radius 1 is 1.38 bits per heavy atom. The lowest BCUT2D eigenvalue weighted by molar-refractivity contribution is -0.123. The normalized spacial score (nSPS) is 25.2. The highest BCUT2D eigenvalue weighted by atomic mass is 79.9. The summed E-state index contributed by atoms with van der Waals surface area (Å²) in [5, 5.41) is 2.90. The lowest BCUT2D eigenvalue weighted by Gasteiger charge is -2.31. The fourth-order valence-electron chi connectivity index (χ4n) is 2.19. The molecule has 1 aliphatic heterocycles. The summed E-state index contributed by atoms with van der Waals surface area (Å²) in [5.74, 6) is 0.717. The largest absolute Gasteiger partial charge is 0.355 e. The molecular formula is C12H15BrN2O. The first-order valence-electron chi connectivity index (χ1n) is 5.43. The molecule has 3 N–H and O–H groups in total. The lowest BCUT2D eigenvalue weighted by atomic mass is 9.81. The maximum atomic E-state index is 11.3. The number of nitrogens with one attached hydrogen (secondary N) is 1. The van der Waals surface area contributed by atoms with Crippen molar-refractivity contribution in [3.8, 4) is 0 Å². The number of nitrogens with two attached hydrogens (primary N) is 1. The second-order valence-electron chi connectivity index (χ2n) is 4.16. The predicted molar refractivity (Wildman–Crippen MR) is 67.1 cm³/mol. The SMILES string of the molecule is NCC1CC(=O)NCC1c1ccc(Br)cc1. The van der Waals surface area contributed by atoms with E-state index >= 15 is 0 Å². The van der Waals surface area contributed by atoms with Gasteiger partial charge in [-0.3, -0.25) is 4.79 Å². The van der Waals surface area contributed by atoms with Crippen molar-refractivity contribution in [2.75, 3.05) is 13.1 Å². The van der Waals surface area contributed by atoms with E-state index in [2.05, 4.69) is 33.4 Å². The van der Waals surface area contributed by atoms with Gasteiger partial charge in [-0.05, 0) is 30.2 Å². The zero-order valence-corrected chi connectivity index (χ0v) is 10.5. The molecule has 0 bridgehead atoms. The summed E-state index contributed by atoms with van der Waals surface area (Å²) in [7, 11) is 0. The van der Waals surface area contributed by atoms with Gasteiger partial charge in [0.2, 0.25) is 5.91 Å². The van der Waals surface area contributed by atoms with E-state index in [1.807, 2.05) is 12.1 Å². The molecule has 0 aliphatic carbocycles. The van der Waals surface area contributed by atoms with Crippen LogP contribution < -0.4 is 11.1 Å². The van der Waals surface area contributed by atoms with Crippen molar-refractivity contribution in [1.82, 2.24) is 5.32 Å². The van der Waals surface area contributed by atoms with Gasteiger partial charge in [0.25, 0.3) is 0 Å². The van der Waals surface area contributed by atoms with E-state index in [4.69, 9.17) is 5.73 Å². The third kappa shape index (κ3) is 2.44. The van der Waals surface area contributed by atoms with Gasteiger partial charge in [0.1, 0.15) is 0 Å². The smallest absolute Gasteiger partial charge is 0.220 e. The van der Waals surface area contributed by atoms with Crippen LogP contribution in [0.15, 0.2) is 28.7 Å². The monoisotopic (exact) mass is 282 g/mol. The molecule has 1 amide bonds. The Morgan fingerprint density at radius 2 is 2.06 bits per heavy atom. The molecule has 1 heterocycles. The molecule has 0 radical (unpaired) electrons. The van der Waals surface area contributed by atoms with Crippen LogP contribution in [0.3, 0.4) is 0 Å². The molecule has 1 aromatic rings. The van der Waals surface area contributed by atoms with Gasteiger partial charge in [0.15, 0.2) is 0 Å². The van der Waals surface area contributed by atoms with Crippen LogP contribution in [-0.2, 0) is 4.79 Å². The first kappa shape index (κ1) is 11.6. The van der Waals surface area contributed by atoms with Crippen molar-refractivity contribution in [2.24, 2.45) is 11.7 Å². The average molecular weight is 283 g/mol. The maximum absolute atomic E-state index is 11.3. The summed E-state index contributed by atoms with van der Waals surface area (Å²) >= 11 is 3.42. The van der Waals surface area contributed by atoms with E-state index in [1.165, 1.54) is 5.56 Å². The van der Waals surface area contributed by atoms with Gasteiger partial charge in [-0.15, -0.1) is 0 Å². The quantitative estimate of drug-likeness (QED) is 0.866. The third-order valence-electron chi connectivity index (χ3n) is 3.14. The van der Waals surface area contributed by atoms with Crippen molar-refractivity contribution in [1.29, 1.82) is 0 Å². The van der Waals surface area contributed by atoms with Gasteiger partial charge >= 0.3 is 0 Å². The molecule has 3 nitrogen and oxygen atoms in total. The highest BCUT2D eigenvalue weighted by Crippen LogP contribution is 2.29. The Kier molecular flexibility index (Phi) is 3.61. The Balaban J connectivity index is 2.18. The van der Waals surface area contributed by atoms with Crippen LogP contribution in [-0.4, -0.2) is 19.0 Å². The molecule has 0 saturated carbocycles. The van der Waals surface area contributed by atoms with Gasteiger partial charge < -0.3 is 11.1 Å². The van der Waals surface area contributed by atoms with Crippen LogP contribution in [0.4, 0.5) is 0 Å². The van der Waals surface area contributed by atoms with E-state index < -0.39 is 0 Å². The lowest BCUT2D eigenvalue weighted by Crippen LogP contribution is -2.42. The highest BCUT2D eigenvalue weighted by molar-refractivity contribution is 9.10. The zero-order valence-electron chi connectivity index (χ0n) is 8.95. The van der Waals surface area contributed by atoms with E-state index in [-0.39, 0.29) is 11.8 Å². The molecule has 4 heteroatoms. The van der Waals surface area contributed by atoms with Crippen LogP contribution >= 0.6 is 15.9 Å². The first-order chi connectivity index (χ1) is 7.70. The molecule has 1 fully saturated rings. The molecule has 86 valence electrons. The number of carbonyl (C=O) groups is 1. The second kappa shape index (κ2) is 4.97. The van der Waals surface area contributed by atoms with Gasteiger partial charge in [-0.25, -0.2) is 0 Å². The average Bonchev–Trinajstić information content (AvgIpc) is 2.30. The summed E-state index contributed by atoms with van der Waals surface area (Å²) in [4.78, 5) is 11.3. The van der Waals surface area contributed by atoms with Crippen molar-refractivity contribution in [3.05, 3.63) is 34.3 Å². The minimum atomic E-state index is 0.115. The Labute approximate surface area is 104 Å². The Bertz CT molecular complexity index is 377. The number of carbonyl (C=O) groups excluding carboxylic acids is 1. The van der Waals surface area contributed by atoms with Gasteiger partial charge in [-0.1, -0.05) is 28.1 Å². The molecule has 0 aromatic heterocycles. The molecule has 0 spiro atoms. The van der Waals surface area contributed by atoms with E-state index in [9.17, 15) is 4.79 Å². The first-order valence-corrected chi connectivity index (χ1v) is 6.22. The number of hydrogen-bond acceptors (Lipinski definition) is 2. The molecule has 1 aromatic carbocycles. The minimum absolute atomic E-state index is 0.115. The van der Waals surface area contributed by atoms with Gasteiger partial charge in [0, 0.05) is 23.4 Å². The van der Waals surface area contributed by atoms with E-state index in [0.29, 0.717) is 25.4 Å². The van der Waals surface area contributed by atoms with Crippen LogP contribution in [0, 0.1) is 5.92 Å². The van der Waals surface area contributed by atoms with E-state index in [1.54, 1.807) is 0 Å². The van der Waals surface area contributed by atoms with Gasteiger partial charge in [0.05, 0.1) is 0 Å². The summed E-state index contributed by atoms with van der Waals surface area (Å²) in [6.45, 7) is 1.26. The van der Waals surface area contributed by atoms with E-state index in [0.717, 1.165) is 4.47 Å². The summed E-state index contributed by atoms with van der Waals surface area (Å²) in [6.07, 6.45) is 0.539. The Morgan fingerprint density at radius 3 is 2.69 bits per heavy atom. The molecular weight excluding hydrogens is 268 g/mol. The fourth-order valence-corrected chi connectivity index (χ4v) is 2.45. The number of amides is 1. The predicted octanol–water partition coefficient (Wildman–Crippen LogP) is 1.63. The minimum Gasteiger partial charge on any atom is -0.355 e. The van der Waals surface area contributed by atoms with Crippen molar-refractivity contribution < 1.29 is 4.79 Å². The van der Waals surface area contributed by atoms with Crippen LogP contribution in [0.25, 0.3) is 0 Å². The molecule has 16 heavy (non-hydrogen) atoms. The number of halogens is 1. The number of hydrogen-bond donors (Lipinski definition) is 2. The Hall–Kier alpha value is -0.870. The number of piperidine rings is 1. The summed E-state index contributed by atoms with van der Waals surface area (Å²) in [6, 6.07) is 8.24. The fraction of sp³-hybridized carbons (Fsp3) is 0.417. The molecule has 2 atom stereocenters. The summed E-state index contributed by atoms with van der Waals surface area (Å²) < 4.78 is 1.07. The maximum Gasteiger partial charge on any atom is 0.220 e. The van der Waals surface area contributed by atoms with Crippen LogP contribution in [0.2, 0.25) is 0 Å². The topological polar surface area (TPSA) is 55.1 Å². The summed E-state index contributed by atoms with van der Waals surface area (Å²) in [5.41, 5.74) is 6.98. The number of rotatable bonds is 2.